The molecule has 0 aliphatic carbocycles. The highest BCUT2D eigenvalue weighted by Gasteiger charge is 2.50. The van der Waals surface area contributed by atoms with Gasteiger partial charge in [-0.15, -0.1) is 0 Å². The summed E-state index contributed by atoms with van der Waals surface area (Å²) in [4.78, 5) is 35.5. The lowest BCUT2D eigenvalue weighted by atomic mass is 9.98. The molecule has 0 bridgehead atoms. The fraction of sp³-hybridized carbons (Fsp3) is 0.640. The zero-order valence-electron chi connectivity index (χ0n) is 21.2. The summed E-state index contributed by atoms with van der Waals surface area (Å²) in [6, 6.07) is 0. The molecule has 0 unspecified atom stereocenters. The number of rotatable bonds is 13. The van der Waals surface area contributed by atoms with Crippen molar-refractivity contribution in [3.63, 3.8) is 0 Å². The van der Waals surface area contributed by atoms with Gasteiger partial charge in [0.05, 0.1) is 13.2 Å². The highest BCUT2D eigenvalue weighted by molar-refractivity contribution is 5.87. The van der Waals surface area contributed by atoms with Gasteiger partial charge in [0, 0.05) is 19.4 Å². The molecule has 198 valence electrons. The largest absolute Gasteiger partial charge is 0.463 e. The first-order valence-corrected chi connectivity index (χ1v) is 11.5. The third-order valence-electron chi connectivity index (χ3n) is 5.34. The molecular formula is C25H38O10. The summed E-state index contributed by atoms with van der Waals surface area (Å²) in [5.41, 5.74) is 2.07. The summed E-state index contributed by atoms with van der Waals surface area (Å²) >= 11 is 0. The maximum atomic E-state index is 12.4. The van der Waals surface area contributed by atoms with Crippen LogP contribution >= 0.6 is 0 Å². The van der Waals surface area contributed by atoms with Gasteiger partial charge in [-0.05, 0) is 40.0 Å². The van der Waals surface area contributed by atoms with Crippen LogP contribution in [0.3, 0.4) is 0 Å². The first kappa shape index (κ1) is 30.5. The quantitative estimate of drug-likeness (QED) is 0.168. The second kappa shape index (κ2) is 15.5. The van der Waals surface area contributed by atoms with Crippen LogP contribution in [0.4, 0.5) is 0 Å². The maximum Gasteiger partial charge on any atom is 0.333 e. The Morgan fingerprint density at radius 1 is 1.03 bits per heavy atom. The molecule has 0 amide bonds. The van der Waals surface area contributed by atoms with Gasteiger partial charge in [-0.25, -0.2) is 4.79 Å². The Hall–Kier alpha value is -2.53. The SMILES string of the molecule is C=C(CC/C=C(/C)CO)CCO[C@@H]1O[C@H](COC(C)=O)[C@@H](OC(C)=O)[C@H](OC(=O)/C(C)=C\C)[C@H]1O. The van der Waals surface area contributed by atoms with Crippen LogP contribution in [-0.4, -0.2) is 78.6 Å². The van der Waals surface area contributed by atoms with Gasteiger partial charge in [-0.1, -0.05) is 29.9 Å². The molecule has 0 saturated carbocycles. The summed E-state index contributed by atoms with van der Waals surface area (Å²) in [7, 11) is 0. The van der Waals surface area contributed by atoms with Crippen LogP contribution in [0.1, 0.15) is 53.9 Å². The van der Waals surface area contributed by atoms with Gasteiger partial charge in [0.15, 0.2) is 18.5 Å². The van der Waals surface area contributed by atoms with Crippen molar-refractivity contribution in [1.82, 2.24) is 0 Å². The van der Waals surface area contributed by atoms with E-state index in [9.17, 15) is 19.5 Å². The van der Waals surface area contributed by atoms with Gasteiger partial charge in [-0.3, -0.25) is 9.59 Å². The van der Waals surface area contributed by atoms with Crippen LogP contribution in [0, 0.1) is 0 Å². The average Bonchev–Trinajstić information content (AvgIpc) is 2.80. The molecule has 0 aromatic heterocycles. The molecule has 10 heteroatoms. The highest BCUT2D eigenvalue weighted by Crippen LogP contribution is 2.28. The molecule has 1 aliphatic rings. The molecule has 2 N–H and O–H groups in total. The Balaban J connectivity index is 2.95. The number of hydrogen-bond donors (Lipinski definition) is 2. The topological polar surface area (TPSA) is 138 Å². The predicted molar refractivity (Wildman–Crippen MR) is 126 cm³/mol. The number of hydrogen-bond acceptors (Lipinski definition) is 10. The van der Waals surface area contributed by atoms with Crippen molar-refractivity contribution in [1.29, 1.82) is 0 Å². The minimum absolute atomic E-state index is 0.00858. The summed E-state index contributed by atoms with van der Waals surface area (Å²) in [6.45, 7) is 11.3. The van der Waals surface area contributed by atoms with Crippen molar-refractivity contribution >= 4 is 17.9 Å². The number of carbonyl (C=O) groups excluding carboxylic acids is 3. The van der Waals surface area contributed by atoms with Crippen molar-refractivity contribution in [2.75, 3.05) is 19.8 Å². The van der Waals surface area contributed by atoms with Crippen LogP contribution in [-0.2, 0) is 38.1 Å². The van der Waals surface area contributed by atoms with E-state index >= 15 is 0 Å². The van der Waals surface area contributed by atoms with Gasteiger partial charge in [0.1, 0.15) is 18.8 Å². The summed E-state index contributed by atoms with van der Waals surface area (Å²) in [5.74, 6) is -1.98. The number of aliphatic hydroxyl groups is 2. The number of aliphatic hydroxyl groups excluding tert-OH is 2. The van der Waals surface area contributed by atoms with Crippen molar-refractivity contribution in [2.24, 2.45) is 0 Å². The van der Waals surface area contributed by atoms with Gasteiger partial charge in [0.25, 0.3) is 0 Å². The van der Waals surface area contributed by atoms with E-state index in [2.05, 4.69) is 6.58 Å². The molecule has 1 aliphatic heterocycles. The molecule has 0 aromatic rings. The zero-order valence-corrected chi connectivity index (χ0v) is 21.2. The standard InChI is InChI=1S/C25H38O10/c1-7-17(4)24(30)35-23-21(29)25(31-12-11-15(2)9-8-10-16(3)13-26)34-20(14-32-18(5)27)22(23)33-19(6)28/h7,10,20-23,25-26,29H,2,8-9,11-14H2,1,3-6H3/b16-10-,17-7-/t20-,21-,22-,23-,25-/m1/s1. The van der Waals surface area contributed by atoms with Crippen molar-refractivity contribution in [2.45, 2.75) is 84.6 Å². The van der Waals surface area contributed by atoms with Crippen LogP contribution in [0.5, 0.6) is 0 Å². The van der Waals surface area contributed by atoms with Gasteiger partial charge < -0.3 is 33.9 Å². The zero-order chi connectivity index (χ0) is 26.5. The smallest absolute Gasteiger partial charge is 0.333 e. The van der Waals surface area contributed by atoms with Crippen LogP contribution in [0.15, 0.2) is 35.5 Å². The first-order valence-electron chi connectivity index (χ1n) is 11.5. The molecule has 10 nitrogen and oxygen atoms in total. The van der Waals surface area contributed by atoms with E-state index in [-0.39, 0.29) is 19.8 Å². The first-order chi connectivity index (χ1) is 16.5. The summed E-state index contributed by atoms with van der Waals surface area (Å²) in [5, 5.41) is 20.0. The molecule has 1 saturated heterocycles. The lowest BCUT2D eigenvalue weighted by Gasteiger charge is -2.43. The number of ether oxygens (including phenoxy) is 5. The van der Waals surface area contributed by atoms with E-state index in [4.69, 9.17) is 28.8 Å². The van der Waals surface area contributed by atoms with Crippen LogP contribution in [0.25, 0.3) is 0 Å². The average molecular weight is 499 g/mol. The number of allylic oxidation sites excluding steroid dienone is 2. The molecule has 0 radical (unpaired) electrons. The molecule has 35 heavy (non-hydrogen) atoms. The Labute approximate surface area is 206 Å². The second-order valence-corrected chi connectivity index (χ2v) is 8.37. The lowest BCUT2D eigenvalue weighted by molar-refractivity contribution is -0.305. The van der Waals surface area contributed by atoms with Crippen molar-refractivity contribution in [3.8, 4) is 0 Å². The molecule has 1 heterocycles. The van der Waals surface area contributed by atoms with Crippen molar-refractivity contribution < 1.29 is 48.3 Å². The fourth-order valence-electron chi connectivity index (χ4n) is 3.20. The van der Waals surface area contributed by atoms with E-state index in [1.807, 2.05) is 13.0 Å². The molecule has 0 spiro atoms. The van der Waals surface area contributed by atoms with Crippen LogP contribution in [0.2, 0.25) is 0 Å². The highest BCUT2D eigenvalue weighted by atomic mass is 16.7. The van der Waals surface area contributed by atoms with E-state index in [1.165, 1.54) is 6.92 Å². The number of carbonyl (C=O) groups is 3. The third-order valence-corrected chi connectivity index (χ3v) is 5.34. The van der Waals surface area contributed by atoms with Gasteiger partial charge in [-0.2, -0.15) is 0 Å². The lowest BCUT2D eigenvalue weighted by Crippen LogP contribution is -2.62. The third kappa shape index (κ3) is 10.7. The molecule has 1 rings (SSSR count). The predicted octanol–water partition coefficient (Wildman–Crippen LogP) is 2.13. The van der Waals surface area contributed by atoms with Gasteiger partial charge in [0.2, 0.25) is 0 Å². The second-order valence-electron chi connectivity index (χ2n) is 8.37. The van der Waals surface area contributed by atoms with Gasteiger partial charge >= 0.3 is 17.9 Å². The Morgan fingerprint density at radius 2 is 1.71 bits per heavy atom. The Morgan fingerprint density at radius 3 is 2.29 bits per heavy atom. The minimum atomic E-state index is -1.48. The Bertz CT molecular complexity index is 800. The van der Waals surface area contributed by atoms with E-state index < -0.39 is 48.6 Å². The minimum Gasteiger partial charge on any atom is -0.463 e. The molecule has 0 aromatic carbocycles. The van der Waals surface area contributed by atoms with E-state index in [0.29, 0.717) is 18.4 Å². The van der Waals surface area contributed by atoms with Crippen molar-refractivity contribution in [3.05, 3.63) is 35.5 Å². The monoisotopic (exact) mass is 498 g/mol. The summed E-state index contributed by atoms with van der Waals surface area (Å²) in [6.07, 6.45) is -0.950. The summed E-state index contributed by atoms with van der Waals surface area (Å²) < 4.78 is 27.3. The van der Waals surface area contributed by atoms with E-state index in [1.54, 1.807) is 19.9 Å². The molecule has 1 fully saturated rings. The van der Waals surface area contributed by atoms with Crippen LogP contribution < -0.4 is 0 Å². The number of esters is 3. The normalized spacial score (nSPS) is 25.1. The Kier molecular flexibility index (Phi) is 13.5. The molecular weight excluding hydrogens is 460 g/mol. The maximum absolute atomic E-state index is 12.4. The van der Waals surface area contributed by atoms with E-state index in [0.717, 1.165) is 24.5 Å². The fourth-order valence-corrected chi connectivity index (χ4v) is 3.20. The molecule has 5 atom stereocenters.